The van der Waals surface area contributed by atoms with E-state index in [-0.39, 0.29) is 18.5 Å². The highest BCUT2D eigenvalue weighted by Gasteiger charge is 2.18. The molecule has 76 heavy (non-hydrogen) atoms. The molecular weight excluding hydrogens is 935 g/mol. The van der Waals surface area contributed by atoms with Crippen LogP contribution in [-0.4, -0.2) is 47.4 Å². The Hall–Kier alpha value is -1.92. The number of amides is 1. The third kappa shape index (κ3) is 61.3. The van der Waals surface area contributed by atoms with Gasteiger partial charge in [0.05, 0.1) is 25.4 Å². The molecular formula is C70H133NO5. The average molecular weight is 1070 g/mol. The van der Waals surface area contributed by atoms with Crippen LogP contribution in [0.3, 0.4) is 0 Å². The standard InChI is InChI=1S/C70H133NO5/c1-3-5-7-9-11-13-15-16-17-18-19-20-27-30-33-36-39-43-46-50-54-58-62-68(73)67(66-72)71-69(74)63-59-55-51-47-44-40-37-34-31-28-25-23-21-22-24-26-29-32-35-38-41-45-49-53-57-61-65-76-70(75)64-60-56-52-48-42-14-12-10-8-6-4-2/h10,12,21,23,58,62,67-68,72-73H,3-9,11,13-20,22,24-57,59-61,63-66H2,1-2H3,(H,71,74)/b12-10-,23-21-,62-58+. The van der Waals surface area contributed by atoms with E-state index in [1.54, 1.807) is 6.08 Å². The van der Waals surface area contributed by atoms with Crippen LogP contribution in [0.15, 0.2) is 36.5 Å². The SMILES string of the molecule is CCCC/C=C\CCCCCCCC(=O)OCCCCCCCCCCCCCC/C=C\CCCCCCCCCCCCC(=O)NC(CO)C(O)/C=C/CCCCCCCCCCCCCCCCCCCCCC. The minimum Gasteiger partial charge on any atom is -0.466 e. The van der Waals surface area contributed by atoms with Crippen LogP contribution >= 0.6 is 0 Å². The molecule has 0 bridgehead atoms. The second-order valence-corrected chi connectivity index (χ2v) is 23.5. The highest BCUT2D eigenvalue weighted by molar-refractivity contribution is 5.76. The molecule has 0 radical (unpaired) electrons. The zero-order chi connectivity index (χ0) is 55.0. The van der Waals surface area contributed by atoms with Gasteiger partial charge < -0.3 is 20.3 Å². The highest BCUT2D eigenvalue weighted by Crippen LogP contribution is 2.18. The van der Waals surface area contributed by atoms with Gasteiger partial charge in [0.15, 0.2) is 0 Å². The maximum absolute atomic E-state index is 12.5. The van der Waals surface area contributed by atoms with E-state index >= 15 is 0 Å². The van der Waals surface area contributed by atoms with Gasteiger partial charge >= 0.3 is 5.97 Å². The van der Waals surface area contributed by atoms with Crippen molar-refractivity contribution in [1.29, 1.82) is 0 Å². The molecule has 6 nitrogen and oxygen atoms in total. The number of hydrogen-bond donors (Lipinski definition) is 3. The van der Waals surface area contributed by atoms with Crippen molar-refractivity contribution in [3.8, 4) is 0 Å². The molecule has 3 N–H and O–H groups in total. The van der Waals surface area contributed by atoms with Crippen molar-refractivity contribution in [2.24, 2.45) is 0 Å². The number of allylic oxidation sites excluding steroid dienone is 5. The number of carbonyl (C=O) groups is 2. The Labute approximate surface area is 474 Å². The zero-order valence-electron chi connectivity index (χ0n) is 51.3. The van der Waals surface area contributed by atoms with Crippen molar-refractivity contribution in [2.45, 2.75) is 386 Å². The van der Waals surface area contributed by atoms with Gasteiger partial charge in [-0.3, -0.25) is 9.59 Å². The Bertz CT molecular complexity index is 1230. The van der Waals surface area contributed by atoms with Crippen LogP contribution in [-0.2, 0) is 14.3 Å². The van der Waals surface area contributed by atoms with Gasteiger partial charge in [-0.05, 0) is 77.0 Å². The first kappa shape index (κ1) is 74.1. The minimum absolute atomic E-state index is 0.00304. The van der Waals surface area contributed by atoms with Gasteiger partial charge in [0.1, 0.15) is 0 Å². The van der Waals surface area contributed by atoms with Gasteiger partial charge in [0, 0.05) is 12.8 Å². The largest absolute Gasteiger partial charge is 0.466 e. The van der Waals surface area contributed by atoms with Crippen LogP contribution in [0.25, 0.3) is 0 Å². The summed E-state index contributed by atoms with van der Waals surface area (Å²) >= 11 is 0. The molecule has 1 amide bonds. The molecule has 0 aromatic carbocycles. The summed E-state index contributed by atoms with van der Waals surface area (Å²) in [7, 11) is 0. The van der Waals surface area contributed by atoms with Crippen LogP contribution in [0.5, 0.6) is 0 Å². The lowest BCUT2D eigenvalue weighted by Crippen LogP contribution is -2.45. The molecule has 0 saturated heterocycles. The number of aliphatic hydroxyl groups excluding tert-OH is 2. The Kier molecular flexibility index (Phi) is 63.9. The van der Waals surface area contributed by atoms with Gasteiger partial charge in [0.25, 0.3) is 0 Å². The molecule has 2 atom stereocenters. The first-order valence-electron chi connectivity index (χ1n) is 34.3. The molecule has 0 aromatic heterocycles. The van der Waals surface area contributed by atoms with Crippen molar-refractivity contribution < 1.29 is 24.5 Å². The fourth-order valence-electron chi connectivity index (χ4n) is 10.6. The Morgan fingerprint density at radius 2 is 0.632 bits per heavy atom. The van der Waals surface area contributed by atoms with E-state index in [2.05, 4.69) is 43.5 Å². The number of hydrogen-bond acceptors (Lipinski definition) is 5. The molecule has 0 aliphatic rings. The lowest BCUT2D eigenvalue weighted by molar-refractivity contribution is -0.143. The number of nitrogens with one attached hydrogen (secondary N) is 1. The van der Waals surface area contributed by atoms with Gasteiger partial charge in [-0.15, -0.1) is 0 Å². The number of ether oxygens (including phenoxy) is 1. The molecule has 6 heteroatoms. The predicted molar refractivity (Wildman–Crippen MR) is 333 cm³/mol. The third-order valence-electron chi connectivity index (χ3n) is 15.9. The molecule has 2 unspecified atom stereocenters. The van der Waals surface area contributed by atoms with Gasteiger partial charge in [-0.25, -0.2) is 0 Å². The van der Waals surface area contributed by atoms with Crippen molar-refractivity contribution >= 4 is 11.9 Å². The predicted octanol–water partition coefficient (Wildman–Crippen LogP) is 21.9. The van der Waals surface area contributed by atoms with Crippen molar-refractivity contribution in [3.63, 3.8) is 0 Å². The number of esters is 1. The summed E-state index contributed by atoms with van der Waals surface area (Å²) in [6, 6.07) is -0.631. The summed E-state index contributed by atoms with van der Waals surface area (Å²) in [6.07, 6.45) is 83.6. The number of unbranched alkanes of at least 4 members (excludes halogenated alkanes) is 49. The maximum Gasteiger partial charge on any atom is 0.305 e. The topological polar surface area (TPSA) is 95.9 Å². The van der Waals surface area contributed by atoms with Crippen LogP contribution in [0, 0.1) is 0 Å². The first-order chi connectivity index (χ1) is 37.5. The second-order valence-electron chi connectivity index (χ2n) is 23.5. The summed E-state index contributed by atoms with van der Waals surface area (Å²) in [5.74, 6) is -0.0634. The molecule has 0 aliphatic carbocycles. The monoisotopic (exact) mass is 1070 g/mol. The summed E-state index contributed by atoms with van der Waals surface area (Å²) in [6.45, 7) is 4.89. The van der Waals surface area contributed by atoms with Crippen molar-refractivity contribution in [3.05, 3.63) is 36.5 Å². The number of carbonyl (C=O) groups excluding carboxylic acids is 2. The van der Waals surface area contributed by atoms with E-state index in [1.165, 1.54) is 302 Å². The van der Waals surface area contributed by atoms with Crippen LogP contribution < -0.4 is 5.32 Å². The number of aliphatic hydroxyl groups is 2. The molecule has 0 heterocycles. The van der Waals surface area contributed by atoms with Crippen LogP contribution in [0.1, 0.15) is 373 Å². The second kappa shape index (κ2) is 65.6. The summed E-state index contributed by atoms with van der Waals surface area (Å²) in [5, 5.41) is 23.2. The highest BCUT2D eigenvalue weighted by atomic mass is 16.5. The van der Waals surface area contributed by atoms with E-state index < -0.39 is 12.1 Å². The van der Waals surface area contributed by atoms with Crippen molar-refractivity contribution in [2.75, 3.05) is 13.2 Å². The smallest absolute Gasteiger partial charge is 0.305 e. The molecule has 448 valence electrons. The third-order valence-corrected chi connectivity index (χ3v) is 15.9. The van der Waals surface area contributed by atoms with E-state index in [9.17, 15) is 19.8 Å². The molecule has 0 fully saturated rings. The Balaban J connectivity index is 3.43. The molecule has 0 aliphatic heterocycles. The van der Waals surface area contributed by atoms with Gasteiger partial charge in [-0.2, -0.15) is 0 Å². The summed E-state index contributed by atoms with van der Waals surface area (Å²) in [5.41, 5.74) is 0. The lowest BCUT2D eigenvalue weighted by Gasteiger charge is -2.20. The van der Waals surface area contributed by atoms with E-state index in [0.717, 1.165) is 44.9 Å². The molecule has 0 saturated carbocycles. The normalized spacial score (nSPS) is 12.7. The first-order valence-corrected chi connectivity index (χ1v) is 34.3. The quantitative estimate of drug-likeness (QED) is 0.0320. The Morgan fingerprint density at radius 1 is 0.355 bits per heavy atom. The fraction of sp³-hybridized carbons (Fsp3) is 0.886. The van der Waals surface area contributed by atoms with E-state index in [1.807, 2.05) is 6.08 Å². The molecule has 0 spiro atoms. The van der Waals surface area contributed by atoms with Gasteiger partial charge in [-0.1, -0.05) is 320 Å². The minimum atomic E-state index is -0.847. The summed E-state index contributed by atoms with van der Waals surface area (Å²) in [4.78, 5) is 24.5. The van der Waals surface area contributed by atoms with E-state index in [4.69, 9.17) is 4.74 Å². The lowest BCUT2D eigenvalue weighted by atomic mass is 10.0. The average Bonchev–Trinajstić information content (AvgIpc) is 3.42. The summed E-state index contributed by atoms with van der Waals surface area (Å²) < 4.78 is 5.46. The van der Waals surface area contributed by atoms with Crippen molar-refractivity contribution in [1.82, 2.24) is 5.32 Å². The fourth-order valence-corrected chi connectivity index (χ4v) is 10.6. The van der Waals surface area contributed by atoms with Crippen LogP contribution in [0.4, 0.5) is 0 Å². The maximum atomic E-state index is 12.5. The molecule has 0 rings (SSSR count). The zero-order valence-corrected chi connectivity index (χ0v) is 51.3. The number of rotatable bonds is 64. The van der Waals surface area contributed by atoms with Crippen LogP contribution in [0.2, 0.25) is 0 Å². The van der Waals surface area contributed by atoms with E-state index in [0.29, 0.717) is 19.4 Å². The molecule has 0 aromatic rings. The Morgan fingerprint density at radius 3 is 0.974 bits per heavy atom. The van der Waals surface area contributed by atoms with Gasteiger partial charge in [0.2, 0.25) is 5.91 Å².